The maximum atomic E-state index is 13.4. The van der Waals surface area contributed by atoms with Gasteiger partial charge in [-0.3, -0.25) is 43.5 Å². The summed E-state index contributed by atoms with van der Waals surface area (Å²) >= 11 is 0. The second-order valence-electron chi connectivity index (χ2n) is 12.7. The number of imide groups is 1. The third-order valence-electron chi connectivity index (χ3n) is 9.64. The summed E-state index contributed by atoms with van der Waals surface area (Å²) < 4.78 is 38.5. The molecule has 2 fully saturated rings. The predicted octanol–water partition coefficient (Wildman–Crippen LogP) is 4.82. The molecule has 1 saturated heterocycles. The lowest BCUT2D eigenvalue weighted by molar-refractivity contribution is -0.386. The fourth-order valence-electron chi connectivity index (χ4n) is 7.12. The van der Waals surface area contributed by atoms with Gasteiger partial charge in [0.1, 0.15) is 12.2 Å². The van der Waals surface area contributed by atoms with E-state index in [1.165, 1.54) is 9.25 Å². The van der Waals surface area contributed by atoms with E-state index >= 15 is 0 Å². The number of aryl methyl sites for hydroxylation is 1. The number of carbonyl (C=O) groups is 2. The van der Waals surface area contributed by atoms with E-state index in [9.17, 15) is 33.3 Å². The monoisotopic (exact) mass is 676 g/mol. The first-order chi connectivity index (χ1) is 23.6. The summed E-state index contributed by atoms with van der Waals surface area (Å²) in [6.07, 6.45) is 3.43. The fraction of sp³-hybridized carbons (Fsp3) is 0.424. The van der Waals surface area contributed by atoms with Crippen LogP contribution < -0.4 is 11.0 Å². The van der Waals surface area contributed by atoms with Gasteiger partial charge in [-0.25, -0.2) is 13.6 Å². The number of piperidine rings is 1. The molecule has 0 spiro atoms. The zero-order valence-electron chi connectivity index (χ0n) is 26.6. The lowest BCUT2D eigenvalue weighted by Gasteiger charge is -2.28. The zero-order chi connectivity index (χ0) is 34.4. The molecule has 4 heterocycles. The Labute approximate surface area is 277 Å². The van der Waals surface area contributed by atoms with E-state index in [0.717, 1.165) is 41.1 Å². The molecule has 5 aromatic rings. The number of rotatable bonds is 10. The average Bonchev–Trinajstić information content (AvgIpc) is 3.78. The molecule has 1 aliphatic carbocycles. The molecule has 1 aliphatic heterocycles. The van der Waals surface area contributed by atoms with Crippen LogP contribution >= 0.6 is 0 Å². The fourth-order valence-corrected chi connectivity index (χ4v) is 7.12. The smallest absolute Gasteiger partial charge is 0.329 e. The number of nitro groups is 1. The first kappa shape index (κ1) is 32.3. The third-order valence-corrected chi connectivity index (χ3v) is 9.64. The summed E-state index contributed by atoms with van der Waals surface area (Å²) in [6, 6.07) is 10.6. The summed E-state index contributed by atoms with van der Waals surface area (Å²) in [5.41, 5.74) is 2.07. The van der Waals surface area contributed by atoms with E-state index in [0.29, 0.717) is 49.6 Å². The highest BCUT2D eigenvalue weighted by Crippen LogP contribution is 2.36. The van der Waals surface area contributed by atoms with Gasteiger partial charge in [-0.05, 0) is 61.8 Å². The third kappa shape index (κ3) is 6.11. The van der Waals surface area contributed by atoms with E-state index in [4.69, 9.17) is 4.74 Å². The van der Waals surface area contributed by atoms with Crippen LogP contribution in [0, 0.1) is 16.0 Å². The molecular weight excluding hydrogens is 642 g/mol. The highest BCUT2D eigenvalue weighted by Gasteiger charge is 2.32. The Bertz CT molecular complexity index is 2140. The maximum absolute atomic E-state index is 13.4. The number of alkyl halides is 2. The van der Waals surface area contributed by atoms with Crippen LogP contribution in [0.3, 0.4) is 0 Å². The first-order valence-electron chi connectivity index (χ1n) is 16.2. The lowest BCUT2D eigenvalue weighted by atomic mass is 9.86. The number of nitrogens with one attached hydrogen (secondary N) is 1. The molecule has 14 nitrogen and oxygen atoms in total. The Hall–Kier alpha value is -5.25. The Morgan fingerprint density at radius 2 is 1.86 bits per heavy atom. The van der Waals surface area contributed by atoms with Crippen molar-refractivity contribution in [2.75, 3.05) is 13.2 Å². The molecule has 0 bridgehead atoms. The van der Waals surface area contributed by atoms with Crippen molar-refractivity contribution in [3.63, 3.8) is 0 Å². The molecule has 1 atom stereocenters. The second-order valence-corrected chi connectivity index (χ2v) is 12.7. The van der Waals surface area contributed by atoms with E-state index in [2.05, 4.69) is 15.5 Å². The Morgan fingerprint density at radius 3 is 2.57 bits per heavy atom. The molecule has 0 radical (unpaired) electrons. The van der Waals surface area contributed by atoms with Crippen molar-refractivity contribution < 1.29 is 28.0 Å². The quantitative estimate of drug-likeness (QED) is 0.0953. The normalized spacial score (nSPS) is 20.0. The van der Waals surface area contributed by atoms with Crippen molar-refractivity contribution >= 4 is 39.4 Å². The Kier molecular flexibility index (Phi) is 8.56. The Morgan fingerprint density at radius 1 is 1.06 bits per heavy atom. The Balaban J connectivity index is 0.981. The van der Waals surface area contributed by atoms with Gasteiger partial charge in [0.25, 0.3) is 6.43 Å². The lowest BCUT2D eigenvalue weighted by Crippen LogP contribution is -2.44. The van der Waals surface area contributed by atoms with Gasteiger partial charge in [0.15, 0.2) is 0 Å². The van der Waals surface area contributed by atoms with E-state index in [1.807, 2.05) is 47.3 Å². The van der Waals surface area contributed by atoms with Gasteiger partial charge in [-0.15, -0.1) is 0 Å². The number of imidazole rings is 1. The number of hydrogen-bond acceptors (Lipinski definition) is 8. The second kappa shape index (κ2) is 13.0. The first-order valence-corrected chi connectivity index (χ1v) is 16.2. The largest absolute Gasteiger partial charge is 0.379 e. The number of hydrogen-bond donors (Lipinski definition) is 1. The van der Waals surface area contributed by atoms with Crippen molar-refractivity contribution in [1.29, 1.82) is 0 Å². The predicted molar refractivity (Wildman–Crippen MR) is 173 cm³/mol. The molecule has 2 aromatic carbocycles. The van der Waals surface area contributed by atoms with Crippen molar-refractivity contribution in [2.24, 2.45) is 13.0 Å². The number of carbonyl (C=O) groups excluding carboxylic acids is 2. The summed E-state index contributed by atoms with van der Waals surface area (Å²) in [5.74, 6) is -0.525. The summed E-state index contributed by atoms with van der Waals surface area (Å²) in [7, 11) is 1.68. The highest BCUT2D eigenvalue weighted by molar-refractivity contribution is 6.01. The van der Waals surface area contributed by atoms with Gasteiger partial charge in [-0.2, -0.15) is 10.2 Å². The number of para-hydroxylation sites is 1. The highest BCUT2D eigenvalue weighted by atomic mass is 19.3. The summed E-state index contributed by atoms with van der Waals surface area (Å²) in [4.78, 5) is 48.0. The van der Waals surface area contributed by atoms with E-state index in [1.54, 1.807) is 11.6 Å². The van der Waals surface area contributed by atoms with Crippen molar-refractivity contribution in [1.82, 2.24) is 34.0 Å². The van der Waals surface area contributed by atoms with Gasteiger partial charge < -0.3 is 4.74 Å². The molecule has 7 rings (SSSR count). The minimum Gasteiger partial charge on any atom is -0.379 e. The standard InChI is InChI=1S/C33H34F2N8O6/c1-39-30-23(3-2-4-25(30)42(33(39)46)26-11-12-28(44)36-32(26)45)20-7-10-24-21(15-20)16-40(37-24)13-14-49-18-19-5-8-22(9-6-19)41-17-27(43(47)48)29(38-41)31(34)35/h2-4,7,10,15-17,19,22,26,31H,5-6,8-9,11-14,18H2,1H3,(H,36,44,45). The topological polar surface area (TPSA) is 161 Å². The number of nitrogens with zero attached hydrogens (tertiary/aromatic N) is 7. The van der Waals surface area contributed by atoms with Crippen molar-refractivity contribution in [2.45, 2.75) is 63.6 Å². The number of amides is 2. The van der Waals surface area contributed by atoms with Crippen LogP contribution in [0.2, 0.25) is 0 Å². The van der Waals surface area contributed by atoms with Crippen LogP contribution in [0.4, 0.5) is 14.5 Å². The molecule has 1 saturated carbocycles. The minimum absolute atomic E-state index is 0.161. The van der Waals surface area contributed by atoms with Gasteiger partial charge in [0, 0.05) is 37.2 Å². The van der Waals surface area contributed by atoms with E-state index in [-0.39, 0.29) is 30.5 Å². The molecule has 49 heavy (non-hydrogen) atoms. The molecule has 1 N–H and O–H groups in total. The number of ether oxygens (including phenoxy) is 1. The van der Waals surface area contributed by atoms with Crippen LogP contribution in [0.25, 0.3) is 33.1 Å². The number of fused-ring (bicyclic) bond motifs is 2. The molecule has 256 valence electrons. The average molecular weight is 677 g/mol. The molecular formula is C33H34F2N8O6. The van der Waals surface area contributed by atoms with Gasteiger partial charge in [-0.1, -0.05) is 18.2 Å². The minimum atomic E-state index is -3.00. The van der Waals surface area contributed by atoms with Crippen LogP contribution in [0.5, 0.6) is 0 Å². The van der Waals surface area contributed by atoms with Crippen LogP contribution in [0.15, 0.2) is 53.6 Å². The summed E-state index contributed by atoms with van der Waals surface area (Å²) in [5, 5.41) is 22.9. The zero-order valence-corrected chi connectivity index (χ0v) is 26.6. The number of halogens is 2. The number of benzene rings is 2. The van der Waals surface area contributed by atoms with Crippen LogP contribution in [0.1, 0.15) is 62.7 Å². The van der Waals surface area contributed by atoms with Crippen LogP contribution in [-0.4, -0.2) is 58.6 Å². The van der Waals surface area contributed by atoms with Crippen molar-refractivity contribution in [3.8, 4) is 11.1 Å². The van der Waals surface area contributed by atoms with E-state index < -0.39 is 34.7 Å². The van der Waals surface area contributed by atoms with Crippen LogP contribution in [-0.2, 0) is 27.9 Å². The molecule has 3 aromatic heterocycles. The molecule has 2 aliphatic rings. The summed E-state index contributed by atoms with van der Waals surface area (Å²) in [6.45, 7) is 1.52. The maximum Gasteiger partial charge on any atom is 0.329 e. The van der Waals surface area contributed by atoms with Crippen molar-refractivity contribution in [3.05, 3.63) is 75.1 Å². The SMILES string of the molecule is Cn1c(=O)n(C2CCC(=O)NC2=O)c2cccc(-c3ccc4nn(CCOCC5CCC(n6cc([N+](=O)[O-])c(C(F)F)n6)CC5)cc4c3)c21. The molecule has 1 unspecified atom stereocenters. The molecule has 16 heteroatoms. The van der Waals surface area contributed by atoms with Gasteiger partial charge >= 0.3 is 11.4 Å². The number of aromatic nitrogens is 6. The van der Waals surface area contributed by atoms with Gasteiger partial charge in [0.2, 0.25) is 17.5 Å². The molecule has 2 amide bonds. The van der Waals surface area contributed by atoms with Gasteiger partial charge in [0.05, 0.1) is 40.7 Å².